The van der Waals surface area contributed by atoms with Gasteiger partial charge in [0.2, 0.25) is 5.78 Å². The highest BCUT2D eigenvalue weighted by atomic mass is 32.1. The summed E-state index contributed by atoms with van der Waals surface area (Å²) in [4.78, 5) is 36.3. The van der Waals surface area contributed by atoms with Crippen molar-refractivity contribution in [3.05, 3.63) is 87.6 Å². The van der Waals surface area contributed by atoms with Gasteiger partial charge in [-0.2, -0.15) is 0 Å². The van der Waals surface area contributed by atoms with Crippen molar-refractivity contribution in [3.8, 4) is 10.6 Å². The van der Waals surface area contributed by atoms with Gasteiger partial charge in [0.1, 0.15) is 5.01 Å². The first-order chi connectivity index (χ1) is 17.9. The standard InChI is InChI=1S/C29H31N3O4S/c1-19-9-11-21(12-10-19)24-23(25(33)27-20(2)30-28(37-27)22-7-4-3-5-8-22)26(34)29(35)32(24)14-6-13-31-15-17-36-18-16-31/h3-5,7-12,24,34H,6,13-18H2,1-2H3. The third-order valence-corrected chi connectivity index (χ3v) is 8.15. The highest BCUT2D eigenvalue weighted by Crippen LogP contribution is 2.41. The van der Waals surface area contributed by atoms with Crippen LogP contribution in [-0.4, -0.2) is 71.0 Å². The zero-order valence-corrected chi connectivity index (χ0v) is 22.0. The quantitative estimate of drug-likeness (QED) is 0.435. The number of Topliss-reactive ketones (excluding diaryl/α,β-unsaturated/α-hetero) is 1. The molecule has 8 heteroatoms. The van der Waals surface area contributed by atoms with Crippen LogP contribution in [0.25, 0.3) is 10.6 Å². The van der Waals surface area contributed by atoms with Crippen LogP contribution >= 0.6 is 11.3 Å². The molecule has 1 fully saturated rings. The zero-order chi connectivity index (χ0) is 25.9. The monoisotopic (exact) mass is 517 g/mol. The van der Waals surface area contributed by atoms with Crippen molar-refractivity contribution < 1.29 is 19.4 Å². The summed E-state index contributed by atoms with van der Waals surface area (Å²) < 4.78 is 5.43. The number of aliphatic hydroxyl groups is 1. The average molecular weight is 518 g/mol. The number of thiazole rings is 1. The van der Waals surface area contributed by atoms with Crippen LogP contribution in [0.4, 0.5) is 0 Å². The van der Waals surface area contributed by atoms with Gasteiger partial charge in [-0.25, -0.2) is 4.98 Å². The number of rotatable bonds is 8. The van der Waals surface area contributed by atoms with E-state index < -0.39 is 17.7 Å². The van der Waals surface area contributed by atoms with Gasteiger partial charge >= 0.3 is 0 Å². The number of benzene rings is 2. The number of hydrogen-bond acceptors (Lipinski definition) is 7. The lowest BCUT2D eigenvalue weighted by molar-refractivity contribution is -0.129. The largest absolute Gasteiger partial charge is 0.503 e. The predicted octanol–water partition coefficient (Wildman–Crippen LogP) is 4.73. The van der Waals surface area contributed by atoms with E-state index in [-0.39, 0.29) is 11.4 Å². The van der Waals surface area contributed by atoms with Crippen LogP contribution in [0.5, 0.6) is 0 Å². The van der Waals surface area contributed by atoms with Crippen molar-refractivity contribution in [1.29, 1.82) is 0 Å². The molecule has 2 aromatic carbocycles. The number of carbonyl (C=O) groups excluding carboxylic acids is 2. The molecular weight excluding hydrogens is 486 g/mol. The van der Waals surface area contributed by atoms with Gasteiger partial charge < -0.3 is 14.7 Å². The van der Waals surface area contributed by atoms with Crippen molar-refractivity contribution >= 4 is 23.0 Å². The molecule has 2 aliphatic rings. The van der Waals surface area contributed by atoms with Gasteiger partial charge in [-0.05, 0) is 25.8 Å². The van der Waals surface area contributed by atoms with Crippen LogP contribution in [-0.2, 0) is 9.53 Å². The van der Waals surface area contributed by atoms with E-state index in [2.05, 4.69) is 9.88 Å². The Hall–Kier alpha value is -3.33. The molecule has 0 aliphatic carbocycles. The summed E-state index contributed by atoms with van der Waals surface area (Å²) in [5.41, 5.74) is 3.54. The fraction of sp³-hybridized carbons (Fsp3) is 0.345. The normalized spacial score (nSPS) is 18.6. The number of ether oxygens (including phenoxy) is 1. The highest BCUT2D eigenvalue weighted by molar-refractivity contribution is 7.17. The molecule has 0 bridgehead atoms. The van der Waals surface area contributed by atoms with E-state index in [1.165, 1.54) is 11.3 Å². The van der Waals surface area contributed by atoms with Crippen LogP contribution in [0.1, 0.15) is 39.0 Å². The molecule has 3 aromatic rings. The Balaban J connectivity index is 1.45. The van der Waals surface area contributed by atoms with Crippen molar-refractivity contribution in [2.75, 3.05) is 39.4 Å². The van der Waals surface area contributed by atoms with Crippen LogP contribution < -0.4 is 0 Å². The molecule has 192 valence electrons. The minimum atomic E-state index is -0.646. The Labute approximate surface area is 221 Å². The Kier molecular flexibility index (Phi) is 7.50. The second-order valence-electron chi connectivity index (χ2n) is 9.51. The van der Waals surface area contributed by atoms with Crippen molar-refractivity contribution in [1.82, 2.24) is 14.8 Å². The van der Waals surface area contributed by atoms with Crippen molar-refractivity contribution in [2.45, 2.75) is 26.3 Å². The lowest BCUT2D eigenvalue weighted by Gasteiger charge is -2.30. The molecule has 7 nitrogen and oxygen atoms in total. The number of ketones is 1. The Bertz CT molecular complexity index is 1310. The minimum absolute atomic E-state index is 0.131. The second-order valence-corrected chi connectivity index (χ2v) is 10.5. The number of morpholine rings is 1. The Morgan fingerprint density at radius 1 is 1.05 bits per heavy atom. The van der Waals surface area contributed by atoms with Crippen molar-refractivity contribution in [3.63, 3.8) is 0 Å². The van der Waals surface area contributed by atoms with Gasteiger partial charge in [0, 0.05) is 31.7 Å². The molecule has 1 aromatic heterocycles. The summed E-state index contributed by atoms with van der Waals surface area (Å²) in [6, 6.07) is 16.9. The van der Waals surface area contributed by atoms with Crippen LogP contribution in [0.3, 0.4) is 0 Å². The lowest BCUT2D eigenvalue weighted by atomic mass is 9.94. The van der Waals surface area contributed by atoms with Gasteiger partial charge in [-0.15, -0.1) is 11.3 Å². The number of aromatic nitrogens is 1. The van der Waals surface area contributed by atoms with Crippen LogP contribution in [0.15, 0.2) is 65.9 Å². The number of aliphatic hydroxyl groups excluding tert-OH is 1. The number of carbonyl (C=O) groups is 2. The van der Waals surface area contributed by atoms with Crippen molar-refractivity contribution in [2.24, 2.45) is 0 Å². The topological polar surface area (TPSA) is 83.0 Å². The molecule has 3 heterocycles. The first kappa shape index (κ1) is 25.3. The van der Waals surface area contributed by atoms with E-state index in [1.807, 2.05) is 61.5 Å². The summed E-state index contributed by atoms with van der Waals surface area (Å²) >= 11 is 1.29. The van der Waals surface area contributed by atoms with Gasteiger partial charge in [0.15, 0.2) is 5.76 Å². The molecule has 0 spiro atoms. The van der Waals surface area contributed by atoms with Gasteiger partial charge in [0.05, 0.1) is 35.4 Å². The fourth-order valence-electron chi connectivity index (χ4n) is 4.93. The van der Waals surface area contributed by atoms with Gasteiger partial charge in [-0.1, -0.05) is 60.2 Å². The van der Waals surface area contributed by atoms with Crippen LogP contribution in [0.2, 0.25) is 0 Å². The molecule has 0 saturated carbocycles. The molecule has 1 saturated heterocycles. The molecule has 1 amide bonds. The first-order valence-electron chi connectivity index (χ1n) is 12.6. The summed E-state index contributed by atoms with van der Waals surface area (Å²) in [7, 11) is 0. The highest BCUT2D eigenvalue weighted by Gasteiger charge is 2.44. The lowest BCUT2D eigenvalue weighted by Crippen LogP contribution is -2.39. The van der Waals surface area contributed by atoms with Crippen LogP contribution in [0, 0.1) is 13.8 Å². The van der Waals surface area contributed by atoms with E-state index in [0.717, 1.165) is 61.0 Å². The zero-order valence-electron chi connectivity index (χ0n) is 21.1. The summed E-state index contributed by atoms with van der Waals surface area (Å²) in [6.45, 7) is 8.23. The smallest absolute Gasteiger partial charge is 0.290 e. The first-order valence-corrected chi connectivity index (χ1v) is 13.4. The molecule has 2 aliphatic heterocycles. The molecular formula is C29H31N3O4S. The second kappa shape index (κ2) is 11.0. The molecule has 1 unspecified atom stereocenters. The molecule has 5 rings (SSSR count). The minimum Gasteiger partial charge on any atom is -0.503 e. The van der Waals surface area contributed by atoms with E-state index in [0.29, 0.717) is 17.1 Å². The number of nitrogens with zero attached hydrogens (tertiary/aromatic N) is 3. The third-order valence-electron chi connectivity index (χ3n) is 6.94. The fourth-order valence-corrected chi connectivity index (χ4v) is 5.96. The maximum absolute atomic E-state index is 13.9. The third kappa shape index (κ3) is 5.23. The molecule has 1 atom stereocenters. The maximum Gasteiger partial charge on any atom is 0.290 e. The summed E-state index contributed by atoms with van der Waals surface area (Å²) in [5, 5.41) is 11.8. The Morgan fingerprint density at radius 3 is 2.46 bits per heavy atom. The SMILES string of the molecule is Cc1ccc(C2C(C(=O)c3sc(-c4ccccc4)nc3C)=C(O)C(=O)N2CCCN2CCOCC2)cc1. The van der Waals surface area contributed by atoms with Gasteiger partial charge in [-0.3, -0.25) is 14.5 Å². The number of amides is 1. The Morgan fingerprint density at radius 2 is 1.76 bits per heavy atom. The number of hydrogen-bond donors (Lipinski definition) is 1. The average Bonchev–Trinajstić information content (AvgIpc) is 3.43. The number of aryl methyl sites for hydroxylation is 2. The summed E-state index contributed by atoms with van der Waals surface area (Å²) in [5.74, 6) is -1.30. The molecule has 0 radical (unpaired) electrons. The maximum atomic E-state index is 13.9. The van der Waals surface area contributed by atoms with E-state index in [9.17, 15) is 14.7 Å². The van der Waals surface area contributed by atoms with E-state index in [1.54, 1.807) is 11.8 Å². The summed E-state index contributed by atoms with van der Waals surface area (Å²) in [6.07, 6.45) is 0.737. The van der Waals surface area contributed by atoms with E-state index in [4.69, 9.17) is 4.74 Å². The molecule has 37 heavy (non-hydrogen) atoms. The van der Waals surface area contributed by atoms with E-state index >= 15 is 0 Å². The molecule has 1 N–H and O–H groups in total. The van der Waals surface area contributed by atoms with Gasteiger partial charge in [0.25, 0.3) is 5.91 Å². The predicted molar refractivity (Wildman–Crippen MR) is 144 cm³/mol.